The molecule has 1 heterocycles. The lowest BCUT2D eigenvalue weighted by Crippen LogP contribution is -2.57. The van der Waals surface area contributed by atoms with E-state index in [-0.39, 0.29) is 18.5 Å². The molecular weight excluding hydrogens is 182 g/mol. The fourth-order valence-corrected chi connectivity index (χ4v) is 2.59. The molecule has 0 radical (unpaired) electrons. The van der Waals surface area contributed by atoms with Gasteiger partial charge in [-0.05, 0) is 18.8 Å². The van der Waals surface area contributed by atoms with Gasteiger partial charge >= 0.3 is 5.97 Å². The lowest BCUT2D eigenvalue weighted by molar-refractivity contribution is -0.157. The van der Waals surface area contributed by atoms with E-state index >= 15 is 0 Å². The zero-order valence-electron chi connectivity index (χ0n) is 8.11. The summed E-state index contributed by atoms with van der Waals surface area (Å²) in [6.07, 6.45) is 5.35. The highest BCUT2D eigenvalue weighted by Gasteiger charge is 2.42. The normalized spacial score (nSPS) is 27.9. The van der Waals surface area contributed by atoms with E-state index < -0.39 is 5.97 Å². The fraction of sp³-hybridized carbons (Fsp3) is 0.800. The van der Waals surface area contributed by atoms with Crippen LogP contribution in [-0.2, 0) is 9.59 Å². The first-order valence-electron chi connectivity index (χ1n) is 5.20. The summed E-state index contributed by atoms with van der Waals surface area (Å²) >= 11 is 0. The molecule has 1 saturated carbocycles. The first-order valence-corrected chi connectivity index (χ1v) is 5.20. The van der Waals surface area contributed by atoms with Gasteiger partial charge in [-0.2, -0.15) is 0 Å². The lowest BCUT2D eigenvalue weighted by atomic mass is 9.87. The molecule has 1 amide bonds. The van der Waals surface area contributed by atoms with Crippen molar-refractivity contribution in [1.82, 2.24) is 4.90 Å². The van der Waals surface area contributed by atoms with E-state index in [1.807, 2.05) is 0 Å². The van der Waals surface area contributed by atoms with Crippen LogP contribution in [0.25, 0.3) is 0 Å². The second-order valence-electron chi connectivity index (χ2n) is 4.23. The molecule has 2 fully saturated rings. The standard InChI is InChI=1S/C10H15NO3/c12-9-5-8(7-3-1-2-4-7)11(9)6-10(13)14/h7-8H,1-6H2,(H,13,14). The zero-order valence-corrected chi connectivity index (χ0v) is 8.11. The molecule has 0 aromatic carbocycles. The van der Waals surface area contributed by atoms with E-state index in [2.05, 4.69) is 0 Å². The van der Waals surface area contributed by atoms with Gasteiger partial charge in [0, 0.05) is 12.5 Å². The average molecular weight is 197 g/mol. The fourth-order valence-electron chi connectivity index (χ4n) is 2.59. The number of carbonyl (C=O) groups is 2. The highest BCUT2D eigenvalue weighted by Crippen LogP contribution is 2.36. The highest BCUT2D eigenvalue weighted by molar-refractivity contribution is 5.87. The Balaban J connectivity index is 1.93. The Labute approximate surface area is 82.9 Å². The van der Waals surface area contributed by atoms with Gasteiger partial charge < -0.3 is 10.0 Å². The van der Waals surface area contributed by atoms with E-state index in [4.69, 9.17) is 5.11 Å². The predicted octanol–water partition coefficient (Wildman–Crippen LogP) is 0.862. The molecule has 2 rings (SSSR count). The molecule has 14 heavy (non-hydrogen) atoms. The number of carbonyl (C=O) groups excluding carboxylic acids is 1. The van der Waals surface area contributed by atoms with Crippen molar-refractivity contribution in [3.8, 4) is 0 Å². The molecule has 4 heteroatoms. The molecule has 0 aromatic heterocycles. The van der Waals surface area contributed by atoms with Crippen molar-refractivity contribution in [2.75, 3.05) is 6.54 Å². The molecule has 0 aromatic rings. The summed E-state index contributed by atoms with van der Waals surface area (Å²) in [5.41, 5.74) is 0. The van der Waals surface area contributed by atoms with Crippen LogP contribution in [0.3, 0.4) is 0 Å². The second kappa shape index (κ2) is 3.59. The van der Waals surface area contributed by atoms with Crippen molar-refractivity contribution in [2.24, 2.45) is 5.92 Å². The molecule has 0 spiro atoms. The molecule has 78 valence electrons. The molecule has 2 aliphatic rings. The first-order chi connectivity index (χ1) is 6.68. The minimum atomic E-state index is -0.902. The third kappa shape index (κ3) is 1.61. The maximum Gasteiger partial charge on any atom is 0.323 e. The number of rotatable bonds is 3. The van der Waals surface area contributed by atoms with Crippen LogP contribution >= 0.6 is 0 Å². The van der Waals surface area contributed by atoms with Crippen molar-refractivity contribution in [3.05, 3.63) is 0 Å². The maximum absolute atomic E-state index is 11.2. The quantitative estimate of drug-likeness (QED) is 0.683. The van der Waals surface area contributed by atoms with Crippen molar-refractivity contribution < 1.29 is 14.7 Å². The van der Waals surface area contributed by atoms with Crippen LogP contribution in [-0.4, -0.2) is 34.5 Å². The van der Waals surface area contributed by atoms with Crippen molar-refractivity contribution >= 4 is 11.9 Å². The third-order valence-electron chi connectivity index (χ3n) is 3.35. The number of carboxylic acids is 1. The van der Waals surface area contributed by atoms with Crippen LogP contribution in [0.4, 0.5) is 0 Å². The summed E-state index contributed by atoms with van der Waals surface area (Å²) in [7, 11) is 0. The summed E-state index contributed by atoms with van der Waals surface area (Å²) in [5.74, 6) is -0.336. The number of carboxylic acid groups (broad SMARTS) is 1. The third-order valence-corrected chi connectivity index (χ3v) is 3.35. The smallest absolute Gasteiger partial charge is 0.323 e. The highest BCUT2D eigenvalue weighted by atomic mass is 16.4. The average Bonchev–Trinajstić information content (AvgIpc) is 2.62. The molecule has 0 bridgehead atoms. The lowest BCUT2D eigenvalue weighted by Gasteiger charge is -2.43. The number of hydrogen-bond donors (Lipinski definition) is 1. The van der Waals surface area contributed by atoms with Crippen LogP contribution in [0.5, 0.6) is 0 Å². The minimum Gasteiger partial charge on any atom is -0.480 e. The van der Waals surface area contributed by atoms with E-state index in [1.54, 1.807) is 0 Å². The van der Waals surface area contributed by atoms with Crippen molar-refractivity contribution in [2.45, 2.75) is 38.1 Å². The molecule has 1 unspecified atom stereocenters. The van der Waals surface area contributed by atoms with Gasteiger partial charge in [0.05, 0.1) is 0 Å². The Morgan fingerprint density at radius 3 is 2.57 bits per heavy atom. The molecule has 4 nitrogen and oxygen atoms in total. The first kappa shape index (κ1) is 9.49. The topological polar surface area (TPSA) is 57.6 Å². The number of nitrogens with zero attached hydrogens (tertiary/aromatic N) is 1. The summed E-state index contributed by atoms with van der Waals surface area (Å²) in [6.45, 7) is -0.111. The molecule has 1 aliphatic carbocycles. The Bertz CT molecular complexity index is 258. The number of β-lactam (4-membered cyclic amide) rings is 1. The summed E-state index contributed by atoms with van der Waals surface area (Å²) in [6, 6.07) is 0.223. The van der Waals surface area contributed by atoms with Gasteiger partial charge in [0.2, 0.25) is 5.91 Å². The second-order valence-corrected chi connectivity index (χ2v) is 4.23. The Morgan fingerprint density at radius 2 is 2.07 bits per heavy atom. The molecular formula is C10H15NO3. The van der Waals surface area contributed by atoms with Gasteiger partial charge in [0.25, 0.3) is 0 Å². The van der Waals surface area contributed by atoms with E-state index in [1.165, 1.54) is 17.7 Å². The number of hydrogen-bond acceptors (Lipinski definition) is 2. The van der Waals surface area contributed by atoms with E-state index in [0.29, 0.717) is 12.3 Å². The van der Waals surface area contributed by atoms with Gasteiger partial charge in [0.15, 0.2) is 0 Å². The molecule has 1 saturated heterocycles. The van der Waals surface area contributed by atoms with Gasteiger partial charge in [-0.25, -0.2) is 0 Å². The van der Waals surface area contributed by atoms with Gasteiger partial charge in [0.1, 0.15) is 6.54 Å². The number of likely N-dealkylation sites (tertiary alicyclic amines) is 1. The van der Waals surface area contributed by atoms with Gasteiger partial charge in [-0.1, -0.05) is 12.8 Å². The molecule has 1 atom stereocenters. The predicted molar refractivity (Wildman–Crippen MR) is 49.7 cm³/mol. The summed E-state index contributed by atoms with van der Waals surface area (Å²) in [5, 5.41) is 8.63. The number of aliphatic carboxylic acids is 1. The van der Waals surface area contributed by atoms with Gasteiger partial charge in [-0.15, -0.1) is 0 Å². The van der Waals surface area contributed by atoms with Crippen molar-refractivity contribution in [3.63, 3.8) is 0 Å². The van der Waals surface area contributed by atoms with Crippen molar-refractivity contribution in [1.29, 1.82) is 0 Å². The SMILES string of the molecule is O=C(O)CN1C(=O)CC1C1CCCC1. The summed E-state index contributed by atoms with van der Waals surface area (Å²) in [4.78, 5) is 23.2. The maximum atomic E-state index is 11.2. The Hall–Kier alpha value is -1.06. The van der Waals surface area contributed by atoms with E-state index in [9.17, 15) is 9.59 Å². The Morgan fingerprint density at radius 1 is 1.43 bits per heavy atom. The molecule has 1 N–H and O–H groups in total. The monoisotopic (exact) mass is 197 g/mol. The van der Waals surface area contributed by atoms with Crippen LogP contribution < -0.4 is 0 Å². The van der Waals surface area contributed by atoms with Crippen LogP contribution in [0.15, 0.2) is 0 Å². The number of amides is 1. The largest absolute Gasteiger partial charge is 0.480 e. The van der Waals surface area contributed by atoms with Gasteiger partial charge in [-0.3, -0.25) is 9.59 Å². The van der Waals surface area contributed by atoms with Crippen LogP contribution in [0.1, 0.15) is 32.1 Å². The Kier molecular flexibility index (Phi) is 2.44. The van der Waals surface area contributed by atoms with E-state index in [0.717, 1.165) is 12.8 Å². The summed E-state index contributed by atoms with van der Waals surface area (Å²) < 4.78 is 0. The van der Waals surface area contributed by atoms with Crippen LogP contribution in [0, 0.1) is 5.92 Å². The van der Waals surface area contributed by atoms with Crippen LogP contribution in [0.2, 0.25) is 0 Å². The minimum absolute atomic E-state index is 0.00398. The molecule has 1 aliphatic heterocycles. The zero-order chi connectivity index (χ0) is 10.1.